The van der Waals surface area contributed by atoms with Crippen LogP contribution in [0.2, 0.25) is 0 Å². The van der Waals surface area contributed by atoms with Crippen LogP contribution in [0.25, 0.3) is 0 Å². The zero-order valence-electron chi connectivity index (χ0n) is 7.57. The lowest BCUT2D eigenvalue weighted by atomic mass is 10.2. The molecular weight excluding hydrogens is 168 g/mol. The number of nitrogen functional groups attached to an aromatic ring is 1. The van der Waals surface area contributed by atoms with Crippen molar-refractivity contribution in [2.24, 2.45) is 0 Å². The van der Waals surface area contributed by atoms with Crippen molar-refractivity contribution in [2.75, 3.05) is 17.7 Å². The standard InChI is InChI=1S/C8H14N4O/c1-2-6(5-13)11-8-10-4-3-7(9)12-8/h3-4,6,13H,2,5H2,1H3,(H3,9,10,11,12). The van der Waals surface area contributed by atoms with Gasteiger partial charge in [-0.05, 0) is 12.5 Å². The van der Waals surface area contributed by atoms with Gasteiger partial charge in [0, 0.05) is 6.20 Å². The van der Waals surface area contributed by atoms with E-state index in [1.165, 1.54) is 0 Å². The molecule has 13 heavy (non-hydrogen) atoms. The average Bonchev–Trinajstić information content (AvgIpc) is 2.14. The fourth-order valence-corrected chi connectivity index (χ4v) is 0.902. The monoisotopic (exact) mass is 182 g/mol. The summed E-state index contributed by atoms with van der Waals surface area (Å²) in [5.74, 6) is 0.881. The molecular formula is C8H14N4O. The highest BCUT2D eigenvalue weighted by Gasteiger charge is 2.05. The summed E-state index contributed by atoms with van der Waals surface area (Å²) in [5.41, 5.74) is 5.46. The van der Waals surface area contributed by atoms with Gasteiger partial charge in [-0.15, -0.1) is 0 Å². The van der Waals surface area contributed by atoms with Gasteiger partial charge in [-0.25, -0.2) is 4.98 Å². The van der Waals surface area contributed by atoms with Crippen LogP contribution in [0, 0.1) is 0 Å². The largest absolute Gasteiger partial charge is 0.394 e. The Morgan fingerprint density at radius 3 is 3.00 bits per heavy atom. The summed E-state index contributed by atoms with van der Waals surface area (Å²) in [7, 11) is 0. The molecule has 0 radical (unpaired) electrons. The molecule has 0 saturated heterocycles. The molecule has 1 unspecified atom stereocenters. The first-order valence-electron chi connectivity index (χ1n) is 4.22. The minimum Gasteiger partial charge on any atom is -0.394 e. The molecule has 1 heterocycles. The Morgan fingerprint density at radius 2 is 2.46 bits per heavy atom. The Bertz CT molecular complexity index is 262. The summed E-state index contributed by atoms with van der Waals surface area (Å²) >= 11 is 0. The lowest BCUT2D eigenvalue weighted by molar-refractivity contribution is 0.271. The number of hydrogen-bond donors (Lipinski definition) is 3. The molecule has 5 heteroatoms. The van der Waals surface area contributed by atoms with Crippen molar-refractivity contribution < 1.29 is 5.11 Å². The fourth-order valence-electron chi connectivity index (χ4n) is 0.902. The summed E-state index contributed by atoms with van der Waals surface area (Å²) in [6, 6.07) is 1.60. The van der Waals surface area contributed by atoms with Gasteiger partial charge >= 0.3 is 0 Å². The number of aliphatic hydroxyl groups is 1. The lowest BCUT2D eigenvalue weighted by Crippen LogP contribution is -2.23. The third kappa shape index (κ3) is 2.87. The summed E-state index contributed by atoms with van der Waals surface area (Å²) in [4.78, 5) is 7.92. The van der Waals surface area contributed by atoms with Gasteiger partial charge in [-0.3, -0.25) is 0 Å². The third-order valence-corrected chi connectivity index (χ3v) is 1.72. The quantitative estimate of drug-likeness (QED) is 0.621. The zero-order valence-corrected chi connectivity index (χ0v) is 7.57. The Hall–Kier alpha value is -1.36. The number of anilines is 2. The Balaban J connectivity index is 2.62. The summed E-state index contributed by atoms with van der Waals surface area (Å²) < 4.78 is 0. The van der Waals surface area contributed by atoms with Crippen LogP contribution in [0.4, 0.5) is 11.8 Å². The molecule has 1 atom stereocenters. The molecule has 0 aliphatic carbocycles. The maximum Gasteiger partial charge on any atom is 0.224 e. The van der Waals surface area contributed by atoms with Gasteiger partial charge in [0.05, 0.1) is 12.6 Å². The third-order valence-electron chi connectivity index (χ3n) is 1.72. The molecule has 0 aliphatic rings. The SMILES string of the molecule is CCC(CO)Nc1nccc(N)n1. The molecule has 1 aromatic rings. The summed E-state index contributed by atoms with van der Waals surface area (Å²) in [6.07, 6.45) is 2.39. The van der Waals surface area contributed by atoms with E-state index in [1.54, 1.807) is 12.3 Å². The number of nitrogens with two attached hydrogens (primary N) is 1. The Labute approximate surface area is 77.0 Å². The van der Waals surface area contributed by atoms with E-state index >= 15 is 0 Å². The van der Waals surface area contributed by atoms with Crippen LogP contribution in [0.1, 0.15) is 13.3 Å². The number of nitrogens with one attached hydrogen (secondary N) is 1. The average molecular weight is 182 g/mol. The predicted octanol–water partition coefficient (Wildman–Crippen LogP) is 0.242. The van der Waals surface area contributed by atoms with Crippen LogP contribution in [-0.2, 0) is 0 Å². The van der Waals surface area contributed by atoms with E-state index in [4.69, 9.17) is 10.8 Å². The predicted molar refractivity (Wildman–Crippen MR) is 51.2 cm³/mol. The van der Waals surface area contributed by atoms with Gasteiger partial charge in [-0.2, -0.15) is 4.98 Å². The number of aliphatic hydroxyl groups excluding tert-OH is 1. The molecule has 1 rings (SSSR count). The van der Waals surface area contributed by atoms with E-state index in [0.717, 1.165) is 6.42 Å². The van der Waals surface area contributed by atoms with E-state index in [-0.39, 0.29) is 12.6 Å². The fraction of sp³-hybridized carbons (Fsp3) is 0.500. The second-order valence-electron chi connectivity index (χ2n) is 2.74. The minimum atomic E-state index is -0.0122. The van der Waals surface area contributed by atoms with Gasteiger partial charge in [0.15, 0.2) is 0 Å². The highest BCUT2D eigenvalue weighted by Crippen LogP contribution is 2.04. The van der Waals surface area contributed by atoms with E-state index in [9.17, 15) is 0 Å². The van der Waals surface area contributed by atoms with Crippen molar-refractivity contribution in [3.05, 3.63) is 12.3 Å². The van der Waals surface area contributed by atoms with Crippen molar-refractivity contribution in [1.29, 1.82) is 0 Å². The van der Waals surface area contributed by atoms with Crippen LogP contribution in [0.15, 0.2) is 12.3 Å². The topological polar surface area (TPSA) is 84.1 Å². The number of hydrogen-bond acceptors (Lipinski definition) is 5. The second-order valence-corrected chi connectivity index (χ2v) is 2.74. The molecule has 0 fully saturated rings. The first-order chi connectivity index (χ1) is 6.26. The Kier molecular flexibility index (Phi) is 3.45. The van der Waals surface area contributed by atoms with Gasteiger partial charge < -0.3 is 16.2 Å². The van der Waals surface area contributed by atoms with E-state index < -0.39 is 0 Å². The summed E-state index contributed by atoms with van der Waals surface area (Å²) in [5, 5.41) is 11.9. The second kappa shape index (κ2) is 4.61. The van der Waals surface area contributed by atoms with Crippen molar-refractivity contribution in [1.82, 2.24) is 9.97 Å². The van der Waals surface area contributed by atoms with E-state index in [1.807, 2.05) is 6.92 Å². The van der Waals surface area contributed by atoms with Crippen molar-refractivity contribution in [3.63, 3.8) is 0 Å². The summed E-state index contributed by atoms with van der Waals surface area (Å²) in [6.45, 7) is 2.04. The van der Waals surface area contributed by atoms with Crippen LogP contribution in [0.3, 0.4) is 0 Å². The van der Waals surface area contributed by atoms with Gasteiger partial charge in [0.25, 0.3) is 0 Å². The Morgan fingerprint density at radius 1 is 1.69 bits per heavy atom. The van der Waals surface area contributed by atoms with Gasteiger partial charge in [0.2, 0.25) is 5.95 Å². The lowest BCUT2D eigenvalue weighted by Gasteiger charge is -2.13. The molecule has 0 amide bonds. The molecule has 4 N–H and O–H groups in total. The maximum atomic E-state index is 8.91. The minimum absolute atomic E-state index is 0.0122. The van der Waals surface area contributed by atoms with E-state index in [2.05, 4.69) is 15.3 Å². The van der Waals surface area contributed by atoms with Crippen molar-refractivity contribution >= 4 is 11.8 Å². The molecule has 0 aromatic carbocycles. The molecule has 0 aliphatic heterocycles. The first-order valence-corrected chi connectivity index (χ1v) is 4.22. The van der Waals surface area contributed by atoms with Crippen molar-refractivity contribution in [3.8, 4) is 0 Å². The molecule has 1 aromatic heterocycles. The smallest absolute Gasteiger partial charge is 0.224 e. The van der Waals surface area contributed by atoms with Gasteiger partial charge in [0.1, 0.15) is 5.82 Å². The normalized spacial score (nSPS) is 12.5. The number of rotatable bonds is 4. The molecule has 5 nitrogen and oxygen atoms in total. The molecule has 0 spiro atoms. The van der Waals surface area contributed by atoms with Crippen LogP contribution < -0.4 is 11.1 Å². The molecule has 72 valence electrons. The number of aromatic nitrogens is 2. The van der Waals surface area contributed by atoms with Crippen LogP contribution in [-0.4, -0.2) is 27.7 Å². The van der Waals surface area contributed by atoms with Crippen LogP contribution in [0.5, 0.6) is 0 Å². The van der Waals surface area contributed by atoms with Gasteiger partial charge in [-0.1, -0.05) is 6.92 Å². The molecule has 0 bridgehead atoms. The zero-order chi connectivity index (χ0) is 9.68. The first kappa shape index (κ1) is 9.73. The maximum absolute atomic E-state index is 8.91. The number of nitrogens with zero attached hydrogens (tertiary/aromatic N) is 2. The van der Waals surface area contributed by atoms with Crippen LogP contribution >= 0.6 is 0 Å². The molecule has 0 saturated carbocycles. The van der Waals surface area contributed by atoms with Crippen molar-refractivity contribution in [2.45, 2.75) is 19.4 Å². The highest BCUT2D eigenvalue weighted by atomic mass is 16.3. The highest BCUT2D eigenvalue weighted by molar-refractivity contribution is 5.35. The van der Waals surface area contributed by atoms with E-state index in [0.29, 0.717) is 11.8 Å².